The summed E-state index contributed by atoms with van der Waals surface area (Å²) in [6.07, 6.45) is 8.66. The molecule has 0 radical (unpaired) electrons. The maximum atomic E-state index is 5.58. The molecular formula is C18H21BrO. The third kappa shape index (κ3) is 2.85. The lowest BCUT2D eigenvalue weighted by Crippen LogP contribution is -2.04. The molecule has 1 nitrogen and oxygen atoms in total. The summed E-state index contributed by atoms with van der Waals surface area (Å²) < 4.78 is 5.58. The van der Waals surface area contributed by atoms with E-state index in [-0.39, 0.29) is 4.83 Å². The molecule has 1 aliphatic rings. The van der Waals surface area contributed by atoms with Crippen LogP contribution in [0.4, 0.5) is 0 Å². The van der Waals surface area contributed by atoms with E-state index in [0.29, 0.717) is 0 Å². The molecule has 0 saturated heterocycles. The average Bonchev–Trinajstić information content (AvgIpc) is 2.94. The van der Waals surface area contributed by atoms with E-state index in [2.05, 4.69) is 47.1 Å². The molecule has 3 rings (SSSR count). The van der Waals surface area contributed by atoms with Crippen LogP contribution in [0, 0.1) is 6.92 Å². The van der Waals surface area contributed by atoms with Gasteiger partial charge in [0, 0.05) is 0 Å². The number of hydrogen-bond donors (Lipinski definition) is 0. The van der Waals surface area contributed by atoms with Gasteiger partial charge in [0.1, 0.15) is 5.76 Å². The molecule has 1 saturated carbocycles. The van der Waals surface area contributed by atoms with Crippen molar-refractivity contribution in [2.24, 2.45) is 0 Å². The van der Waals surface area contributed by atoms with Gasteiger partial charge >= 0.3 is 0 Å². The van der Waals surface area contributed by atoms with Crippen molar-refractivity contribution in [2.75, 3.05) is 0 Å². The van der Waals surface area contributed by atoms with Crippen LogP contribution in [0.1, 0.15) is 65.3 Å². The Balaban J connectivity index is 1.77. The monoisotopic (exact) mass is 332 g/mol. The summed E-state index contributed by atoms with van der Waals surface area (Å²) in [7, 11) is 0. The topological polar surface area (TPSA) is 13.1 Å². The molecule has 20 heavy (non-hydrogen) atoms. The molecule has 1 aliphatic carbocycles. The van der Waals surface area contributed by atoms with Crippen LogP contribution in [0.5, 0.6) is 0 Å². The Bertz CT molecular complexity index is 549. The molecule has 1 unspecified atom stereocenters. The van der Waals surface area contributed by atoms with E-state index in [1.807, 2.05) is 6.07 Å². The Hall–Kier alpha value is -1.02. The van der Waals surface area contributed by atoms with Crippen molar-refractivity contribution in [3.8, 4) is 0 Å². The Morgan fingerprint density at radius 3 is 2.35 bits per heavy atom. The number of benzene rings is 1. The van der Waals surface area contributed by atoms with Gasteiger partial charge < -0.3 is 4.42 Å². The Morgan fingerprint density at radius 2 is 1.75 bits per heavy atom. The quantitative estimate of drug-likeness (QED) is 0.617. The summed E-state index contributed by atoms with van der Waals surface area (Å²) in [5.74, 6) is 1.78. The van der Waals surface area contributed by atoms with Crippen LogP contribution < -0.4 is 0 Å². The molecule has 106 valence electrons. The highest BCUT2D eigenvalue weighted by atomic mass is 79.9. The molecule has 1 aromatic carbocycles. The number of halogens is 1. The first kappa shape index (κ1) is 13.9. The highest BCUT2D eigenvalue weighted by molar-refractivity contribution is 9.09. The molecule has 0 bridgehead atoms. The van der Waals surface area contributed by atoms with Crippen LogP contribution in [0.15, 0.2) is 41.0 Å². The lowest BCUT2D eigenvalue weighted by atomic mass is 9.84. The first-order chi connectivity index (χ1) is 9.75. The smallest absolute Gasteiger partial charge is 0.124 e. The minimum absolute atomic E-state index is 0.151. The van der Waals surface area contributed by atoms with E-state index in [4.69, 9.17) is 4.42 Å². The number of hydrogen-bond acceptors (Lipinski definition) is 1. The molecule has 1 aromatic heterocycles. The summed E-state index contributed by atoms with van der Waals surface area (Å²) in [4.78, 5) is 0.151. The molecule has 1 atom stereocenters. The summed E-state index contributed by atoms with van der Waals surface area (Å²) in [6.45, 7) is 2.09. The summed E-state index contributed by atoms with van der Waals surface area (Å²) in [5.41, 5.74) is 3.97. The van der Waals surface area contributed by atoms with E-state index in [1.165, 1.54) is 48.8 Å². The second-order valence-corrected chi connectivity index (χ2v) is 6.75. The van der Waals surface area contributed by atoms with E-state index >= 15 is 0 Å². The van der Waals surface area contributed by atoms with E-state index < -0.39 is 0 Å². The van der Waals surface area contributed by atoms with Gasteiger partial charge in [0.2, 0.25) is 0 Å². The minimum Gasteiger partial charge on any atom is -0.468 e. The maximum Gasteiger partial charge on any atom is 0.124 e. The van der Waals surface area contributed by atoms with Crippen molar-refractivity contribution in [3.63, 3.8) is 0 Å². The molecule has 1 fully saturated rings. The predicted molar refractivity (Wildman–Crippen MR) is 86.5 cm³/mol. The van der Waals surface area contributed by atoms with Crippen LogP contribution in [0.2, 0.25) is 0 Å². The molecule has 0 spiro atoms. The molecule has 2 heteroatoms. The van der Waals surface area contributed by atoms with Crippen LogP contribution >= 0.6 is 15.9 Å². The van der Waals surface area contributed by atoms with Gasteiger partial charge in [0.05, 0.1) is 11.1 Å². The molecule has 0 N–H and O–H groups in total. The third-order valence-corrected chi connectivity index (χ3v) is 5.38. The largest absolute Gasteiger partial charge is 0.468 e. The first-order valence-corrected chi connectivity index (χ1v) is 8.45. The first-order valence-electron chi connectivity index (χ1n) is 7.53. The number of aryl methyl sites for hydroxylation is 1. The van der Waals surface area contributed by atoms with Crippen molar-refractivity contribution in [1.82, 2.24) is 0 Å². The Labute approximate surface area is 129 Å². The van der Waals surface area contributed by atoms with E-state index in [0.717, 1.165) is 11.7 Å². The lowest BCUT2D eigenvalue weighted by molar-refractivity contribution is 0.443. The van der Waals surface area contributed by atoms with Gasteiger partial charge in [-0.05, 0) is 48.4 Å². The van der Waals surface area contributed by atoms with Gasteiger partial charge in [-0.1, -0.05) is 59.5 Å². The van der Waals surface area contributed by atoms with Crippen molar-refractivity contribution in [2.45, 2.75) is 49.8 Å². The predicted octanol–water partition coefficient (Wildman–Crippen LogP) is 6.12. The average molecular weight is 333 g/mol. The fourth-order valence-electron chi connectivity index (χ4n) is 3.17. The summed E-state index contributed by atoms with van der Waals surface area (Å²) >= 11 is 3.75. The van der Waals surface area contributed by atoms with Crippen LogP contribution in [0.25, 0.3) is 0 Å². The highest BCUT2D eigenvalue weighted by Crippen LogP contribution is 2.36. The number of rotatable bonds is 3. The van der Waals surface area contributed by atoms with Crippen LogP contribution in [0.3, 0.4) is 0 Å². The molecule has 0 amide bonds. The SMILES string of the molecule is Cc1ccoc1C(Br)c1ccc(C2CCCCC2)cc1. The molecule has 0 aliphatic heterocycles. The minimum atomic E-state index is 0.151. The molecular weight excluding hydrogens is 312 g/mol. The van der Waals surface area contributed by atoms with Crippen molar-refractivity contribution in [1.29, 1.82) is 0 Å². The Kier molecular flexibility index (Phi) is 4.30. The fourth-order valence-corrected chi connectivity index (χ4v) is 3.94. The van der Waals surface area contributed by atoms with Crippen molar-refractivity contribution in [3.05, 3.63) is 59.0 Å². The normalized spacial score (nSPS) is 18.1. The van der Waals surface area contributed by atoms with Gasteiger partial charge in [-0.15, -0.1) is 0 Å². The zero-order valence-corrected chi connectivity index (χ0v) is 13.5. The summed E-state index contributed by atoms with van der Waals surface area (Å²) in [6, 6.07) is 11.1. The number of furan rings is 1. The second kappa shape index (κ2) is 6.17. The van der Waals surface area contributed by atoms with Crippen LogP contribution in [-0.4, -0.2) is 0 Å². The van der Waals surface area contributed by atoms with Gasteiger partial charge in [0.15, 0.2) is 0 Å². The van der Waals surface area contributed by atoms with E-state index in [9.17, 15) is 0 Å². The highest BCUT2D eigenvalue weighted by Gasteiger charge is 2.18. The standard InChI is InChI=1S/C18H21BrO/c1-13-11-12-20-18(13)17(19)16-9-7-15(8-10-16)14-5-3-2-4-6-14/h7-12,14,17H,2-6H2,1H3. The van der Waals surface area contributed by atoms with Gasteiger partial charge in [0.25, 0.3) is 0 Å². The van der Waals surface area contributed by atoms with Gasteiger partial charge in [-0.2, -0.15) is 0 Å². The third-order valence-electron chi connectivity index (χ3n) is 4.44. The van der Waals surface area contributed by atoms with Crippen molar-refractivity contribution >= 4 is 15.9 Å². The van der Waals surface area contributed by atoms with E-state index in [1.54, 1.807) is 6.26 Å². The lowest BCUT2D eigenvalue weighted by Gasteiger charge is -2.22. The summed E-state index contributed by atoms with van der Waals surface area (Å²) in [5, 5.41) is 0. The zero-order chi connectivity index (χ0) is 13.9. The number of alkyl halides is 1. The second-order valence-electron chi connectivity index (χ2n) is 5.83. The zero-order valence-electron chi connectivity index (χ0n) is 11.9. The van der Waals surface area contributed by atoms with Crippen molar-refractivity contribution < 1.29 is 4.42 Å². The molecule has 1 heterocycles. The fraction of sp³-hybridized carbons (Fsp3) is 0.444. The van der Waals surface area contributed by atoms with Crippen LogP contribution in [-0.2, 0) is 0 Å². The molecule has 2 aromatic rings. The van der Waals surface area contributed by atoms with Gasteiger partial charge in [-0.25, -0.2) is 0 Å². The van der Waals surface area contributed by atoms with Gasteiger partial charge in [-0.3, -0.25) is 0 Å². The maximum absolute atomic E-state index is 5.58. The Morgan fingerprint density at radius 1 is 1.05 bits per heavy atom.